The first-order valence-electron chi connectivity index (χ1n) is 7.37. The molecule has 1 aromatic carbocycles. The van der Waals surface area contributed by atoms with E-state index in [4.69, 9.17) is 5.11 Å². The van der Waals surface area contributed by atoms with Gasteiger partial charge in [0.1, 0.15) is 0 Å². The maximum atomic E-state index is 12.3. The average molecular weight is 276 g/mol. The second-order valence-corrected chi connectivity index (χ2v) is 5.77. The summed E-state index contributed by atoms with van der Waals surface area (Å²) in [7, 11) is 0. The number of hydrogen-bond acceptors (Lipinski definition) is 3. The Morgan fingerprint density at radius 2 is 2.15 bits per heavy atom. The molecule has 1 aliphatic rings. The highest BCUT2D eigenvalue weighted by Gasteiger charge is 2.26. The van der Waals surface area contributed by atoms with Crippen LogP contribution in [-0.4, -0.2) is 29.7 Å². The van der Waals surface area contributed by atoms with Crippen molar-refractivity contribution in [3.63, 3.8) is 0 Å². The molecule has 2 rings (SSSR count). The normalized spacial score (nSPS) is 20.2. The molecule has 0 saturated heterocycles. The highest BCUT2D eigenvalue weighted by molar-refractivity contribution is 5.96. The molecule has 0 bridgehead atoms. The van der Waals surface area contributed by atoms with Gasteiger partial charge in [-0.1, -0.05) is 32.0 Å². The zero-order chi connectivity index (χ0) is 14.5. The van der Waals surface area contributed by atoms with Crippen molar-refractivity contribution in [3.8, 4) is 0 Å². The molecule has 0 saturated carbocycles. The van der Waals surface area contributed by atoms with E-state index >= 15 is 0 Å². The number of aliphatic hydroxyl groups is 1. The van der Waals surface area contributed by atoms with Crippen LogP contribution in [0.4, 0.5) is 5.69 Å². The van der Waals surface area contributed by atoms with Crippen LogP contribution >= 0.6 is 0 Å². The zero-order valence-electron chi connectivity index (χ0n) is 12.2. The van der Waals surface area contributed by atoms with Crippen molar-refractivity contribution >= 4 is 11.6 Å². The van der Waals surface area contributed by atoms with E-state index in [1.807, 2.05) is 18.2 Å². The molecule has 4 heteroatoms. The van der Waals surface area contributed by atoms with Crippen molar-refractivity contribution in [2.45, 2.75) is 45.2 Å². The van der Waals surface area contributed by atoms with E-state index in [1.54, 1.807) is 0 Å². The molecule has 1 amide bonds. The Morgan fingerprint density at radius 3 is 2.85 bits per heavy atom. The molecule has 1 heterocycles. The first-order valence-corrected chi connectivity index (χ1v) is 7.37. The number of para-hydroxylation sites is 1. The number of carbonyl (C=O) groups is 1. The number of benzene rings is 1. The van der Waals surface area contributed by atoms with E-state index in [1.165, 1.54) is 5.56 Å². The Kier molecular flexibility index (Phi) is 5.15. The summed E-state index contributed by atoms with van der Waals surface area (Å²) in [4.78, 5) is 12.3. The second kappa shape index (κ2) is 6.86. The van der Waals surface area contributed by atoms with Crippen LogP contribution in [0.3, 0.4) is 0 Å². The molecule has 20 heavy (non-hydrogen) atoms. The third-order valence-corrected chi connectivity index (χ3v) is 3.95. The van der Waals surface area contributed by atoms with Crippen molar-refractivity contribution in [2.75, 3.05) is 11.9 Å². The van der Waals surface area contributed by atoms with Gasteiger partial charge in [-0.3, -0.25) is 4.79 Å². The zero-order valence-corrected chi connectivity index (χ0v) is 12.2. The van der Waals surface area contributed by atoms with Crippen molar-refractivity contribution in [1.29, 1.82) is 0 Å². The predicted octanol–water partition coefficient (Wildman–Crippen LogP) is 1.94. The number of nitrogens with one attached hydrogen (secondary N) is 2. The standard InChI is InChI=1S/C16H24N2O2/c1-11(2)13(9-10-19)17-15-8-7-12-5-3-4-6-14(12)18-16(15)20/h3-6,11,13,15,17,19H,7-10H2,1-2H3,(H,18,20). The molecule has 0 radical (unpaired) electrons. The van der Waals surface area contributed by atoms with Crippen LogP contribution in [0, 0.1) is 5.92 Å². The summed E-state index contributed by atoms with van der Waals surface area (Å²) in [5, 5.41) is 15.5. The summed E-state index contributed by atoms with van der Waals surface area (Å²) in [5.41, 5.74) is 2.11. The van der Waals surface area contributed by atoms with Crippen LogP contribution in [0.5, 0.6) is 0 Å². The van der Waals surface area contributed by atoms with E-state index in [2.05, 4.69) is 30.5 Å². The fourth-order valence-corrected chi connectivity index (χ4v) is 2.68. The average Bonchev–Trinajstić information content (AvgIpc) is 2.57. The Hall–Kier alpha value is -1.39. The van der Waals surface area contributed by atoms with Crippen molar-refractivity contribution in [3.05, 3.63) is 29.8 Å². The smallest absolute Gasteiger partial charge is 0.241 e. The highest BCUT2D eigenvalue weighted by Crippen LogP contribution is 2.22. The molecular weight excluding hydrogens is 252 g/mol. The molecule has 3 N–H and O–H groups in total. The first-order chi connectivity index (χ1) is 9.61. The molecular formula is C16H24N2O2. The van der Waals surface area contributed by atoms with Crippen LogP contribution in [0.1, 0.15) is 32.3 Å². The maximum Gasteiger partial charge on any atom is 0.241 e. The van der Waals surface area contributed by atoms with Gasteiger partial charge in [0.2, 0.25) is 5.91 Å². The number of fused-ring (bicyclic) bond motifs is 1. The van der Waals surface area contributed by atoms with Crippen LogP contribution in [0.25, 0.3) is 0 Å². The van der Waals surface area contributed by atoms with Crippen molar-refractivity contribution in [2.24, 2.45) is 5.92 Å². The fourth-order valence-electron chi connectivity index (χ4n) is 2.68. The van der Waals surface area contributed by atoms with Gasteiger partial charge in [-0.05, 0) is 36.8 Å². The Bertz CT molecular complexity index is 460. The first kappa shape index (κ1) is 15.0. The topological polar surface area (TPSA) is 61.4 Å². The van der Waals surface area contributed by atoms with Gasteiger partial charge in [0.25, 0.3) is 0 Å². The number of amides is 1. The second-order valence-electron chi connectivity index (χ2n) is 5.77. The third kappa shape index (κ3) is 3.58. The minimum atomic E-state index is -0.193. The van der Waals surface area contributed by atoms with Crippen LogP contribution in [0.2, 0.25) is 0 Å². The minimum Gasteiger partial charge on any atom is -0.396 e. The molecule has 2 atom stereocenters. The summed E-state index contributed by atoms with van der Waals surface area (Å²) in [6.07, 6.45) is 2.35. The summed E-state index contributed by atoms with van der Waals surface area (Å²) < 4.78 is 0. The molecule has 1 aromatic rings. The van der Waals surface area contributed by atoms with E-state index < -0.39 is 0 Å². The van der Waals surface area contributed by atoms with Gasteiger partial charge >= 0.3 is 0 Å². The van der Waals surface area contributed by atoms with E-state index in [0.29, 0.717) is 12.3 Å². The SMILES string of the molecule is CC(C)C(CCO)NC1CCc2ccccc2NC1=O. The van der Waals surface area contributed by atoms with Gasteiger partial charge in [-0.2, -0.15) is 0 Å². The number of hydrogen-bond donors (Lipinski definition) is 3. The van der Waals surface area contributed by atoms with Crippen LogP contribution in [-0.2, 0) is 11.2 Å². The number of rotatable bonds is 5. The van der Waals surface area contributed by atoms with Gasteiger partial charge in [0.15, 0.2) is 0 Å². The fraction of sp³-hybridized carbons (Fsp3) is 0.562. The Balaban J connectivity index is 2.06. The number of anilines is 1. The monoisotopic (exact) mass is 276 g/mol. The van der Waals surface area contributed by atoms with E-state index in [9.17, 15) is 4.79 Å². The minimum absolute atomic E-state index is 0.0264. The largest absolute Gasteiger partial charge is 0.396 e. The van der Waals surface area contributed by atoms with E-state index in [0.717, 1.165) is 18.5 Å². The van der Waals surface area contributed by atoms with Gasteiger partial charge in [-0.15, -0.1) is 0 Å². The molecule has 0 aromatic heterocycles. The number of aryl methyl sites for hydroxylation is 1. The van der Waals surface area contributed by atoms with Gasteiger partial charge < -0.3 is 15.7 Å². The maximum absolute atomic E-state index is 12.3. The van der Waals surface area contributed by atoms with Gasteiger partial charge in [0.05, 0.1) is 6.04 Å². The van der Waals surface area contributed by atoms with Crippen LogP contribution < -0.4 is 10.6 Å². The summed E-state index contributed by atoms with van der Waals surface area (Å²) in [6, 6.07) is 7.92. The van der Waals surface area contributed by atoms with Crippen LogP contribution in [0.15, 0.2) is 24.3 Å². The van der Waals surface area contributed by atoms with Crippen molar-refractivity contribution in [1.82, 2.24) is 5.32 Å². The molecule has 4 nitrogen and oxygen atoms in total. The predicted molar refractivity (Wildman–Crippen MR) is 80.6 cm³/mol. The lowest BCUT2D eigenvalue weighted by atomic mass is 9.98. The molecule has 2 unspecified atom stereocenters. The number of aliphatic hydroxyl groups excluding tert-OH is 1. The molecule has 0 aliphatic carbocycles. The van der Waals surface area contributed by atoms with Crippen molar-refractivity contribution < 1.29 is 9.90 Å². The Morgan fingerprint density at radius 1 is 1.40 bits per heavy atom. The highest BCUT2D eigenvalue weighted by atomic mass is 16.3. The van der Waals surface area contributed by atoms with E-state index in [-0.39, 0.29) is 24.6 Å². The molecule has 0 spiro atoms. The lowest BCUT2D eigenvalue weighted by molar-refractivity contribution is -0.118. The molecule has 110 valence electrons. The lowest BCUT2D eigenvalue weighted by Crippen LogP contribution is -2.47. The molecule has 0 fully saturated rings. The van der Waals surface area contributed by atoms with Gasteiger partial charge in [-0.25, -0.2) is 0 Å². The Labute approximate surface area is 120 Å². The number of carbonyl (C=O) groups excluding carboxylic acids is 1. The quantitative estimate of drug-likeness (QED) is 0.770. The lowest BCUT2D eigenvalue weighted by Gasteiger charge is -2.26. The third-order valence-electron chi connectivity index (χ3n) is 3.95. The molecule has 1 aliphatic heterocycles. The summed E-state index contributed by atoms with van der Waals surface area (Å²) in [5.74, 6) is 0.416. The summed E-state index contributed by atoms with van der Waals surface area (Å²) in [6.45, 7) is 4.36. The van der Waals surface area contributed by atoms with Gasteiger partial charge in [0, 0.05) is 18.3 Å². The summed E-state index contributed by atoms with van der Waals surface area (Å²) >= 11 is 0.